The zero-order valence-corrected chi connectivity index (χ0v) is 26.8. The lowest BCUT2D eigenvalue weighted by atomic mass is 9.97. The quantitative estimate of drug-likeness (QED) is 0.0965. The monoisotopic (exact) mass is 552 g/mol. The SMILES string of the molecule is C=C(C(=O)OCCC[Si](O[Si](C)(C)C)(O[Si](C)(C)C)O[Si](C)(C)C)C(CC(=O)OC)C(=O)OC. The summed E-state index contributed by atoms with van der Waals surface area (Å²) in [5.74, 6) is -3.35. The number of methoxy groups -OCH3 is 2. The maximum atomic E-state index is 12.5. The van der Waals surface area contributed by atoms with Crippen molar-refractivity contribution in [3.8, 4) is 0 Å². The molecule has 0 aromatic rings. The summed E-state index contributed by atoms with van der Waals surface area (Å²) >= 11 is 0. The molecule has 1 atom stereocenters. The molecule has 0 spiro atoms. The third-order valence-corrected chi connectivity index (χ3v) is 16.1. The summed E-state index contributed by atoms with van der Waals surface area (Å²) in [6, 6.07) is 0.508. The van der Waals surface area contributed by atoms with Gasteiger partial charge in [0.2, 0.25) is 0 Å². The van der Waals surface area contributed by atoms with Gasteiger partial charge in [0.25, 0.3) is 0 Å². The van der Waals surface area contributed by atoms with Gasteiger partial charge in [-0.1, -0.05) is 6.58 Å². The number of ether oxygens (including phenoxy) is 3. The maximum absolute atomic E-state index is 12.5. The maximum Gasteiger partial charge on any atom is 0.469 e. The van der Waals surface area contributed by atoms with Gasteiger partial charge >= 0.3 is 26.7 Å². The number of carbonyl (C=O) groups is 3. The van der Waals surface area contributed by atoms with Gasteiger partial charge in [0.05, 0.1) is 33.2 Å². The van der Waals surface area contributed by atoms with Gasteiger partial charge in [0, 0.05) is 11.6 Å². The van der Waals surface area contributed by atoms with Crippen LogP contribution >= 0.6 is 0 Å². The Morgan fingerprint density at radius 1 is 0.765 bits per heavy atom. The van der Waals surface area contributed by atoms with Crippen LogP contribution in [0.1, 0.15) is 12.8 Å². The van der Waals surface area contributed by atoms with Crippen molar-refractivity contribution in [2.24, 2.45) is 5.92 Å². The van der Waals surface area contributed by atoms with Crippen LogP contribution in [0.3, 0.4) is 0 Å². The van der Waals surface area contributed by atoms with Crippen molar-refractivity contribution in [1.29, 1.82) is 0 Å². The predicted molar refractivity (Wildman–Crippen MR) is 141 cm³/mol. The Morgan fingerprint density at radius 2 is 1.21 bits per heavy atom. The molecule has 198 valence electrons. The summed E-state index contributed by atoms with van der Waals surface area (Å²) in [6.07, 6.45) is 0.107. The molecule has 0 aromatic heterocycles. The van der Waals surface area contributed by atoms with E-state index < -0.39 is 57.6 Å². The molecule has 0 aliphatic rings. The zero-order chi connectivity index (χ0) is 27.0. The topological polar surface area (TPSA) is 107 Å². The standard InChI is InChI=1S/C21H44O9Si4/c1-17(18(21(24)26-3)16-19(22)25-2)20(23)27-14-13-15-34(28-31(4,5)6,29-32(7,8)9)30-33(10,11)12/h18H,1,13-16H2,2-12H3. The van der Waals surface area contributed by atoms with Crippen LogP contribution in [0.25, 0.3) is 0 Å². The second-order valence-corrected chi connectivity index (χ2v) is 27.9. The van der Waals surface area contributed by atoms with E-state index in [1.54, 1.807) is 0 Å². The second-order valence-electron chi connectivity index (χ2n) is 10.9. The van der Waals surface area contributed by atoms with E-state index in [-0.39, 0.29) is 18.6 Å². The first-order valence-electron chi connectivity index (χ1n) is 11.4. The van der Waals surface area contributed by atoms with Crippen molar-refractivity contribution in [1.82, 2.24) is 0 Å². The average Bonchev–Trinajstić information content (AvgIpc) is 2.63. The highest BCUT2D eigenvalue weighted by molar-refractivity contribution is 6.90. The third-order valence-electron chi connectivity index (χ3n) is 4.01. The molecule has 0 saturated heterocycles. The smallest absolute Gasteiger partial charge is 0.469 e. The van der Waals surface area contributed by atoms with Crippen molar-refractivity contribution < 1.29 is 40.9 Å². The van der Waals surface area contributed by atoms with Gasteiger partial charge in [-0.05, 0) is 65.3 Å². The van der Waals surface area contributed by atoms with Crippen LogP contribution < -0.4 is 0 Å². The van der Waals surface area contributed by atoms with E-state index >= 15 is 0 Å². The largest absolute Gasteiger partial charge is 0.469 e. The Hall–Kier alpha value is -1.10. The first-order valence-corrected chi connectivity index (χ1v) is 23.5. The highest BCUT2D eigenvalue weighted by Crippen LogP contribution is 2.30. The summed E-state index contributed by atoms with van der Waals surface area (Å²) < 4.78 is 34.5. The van der Waals surface area contributed by atoms with E-state index in [1.807, 2.05) is 0 Å². The van der Waals surface area contributed by atoms with Gasteiger partial charge in [-0.3, -0.25) is 9.59 Å². The molecule has 0 heterocycles. The average molecular weight is 553 g/mol. The molecule has 0 saturated carbocycles. The van der Waals surface area contributed by atoms with Crippen molar-refractivity contribution >= 4 is 51.7 Å². The molecular weight excluding hydrogens is 509 g/mol. The lowest BCUT2D eigenvalue weighted by molar-refractivity contribution is -0.152. The highest BCUT2D eigenvalue weighted by Gasteiger charge is 2.49. The molecule has 0 aliphatic heterocycles. The fourth-order valence-corrected chi connectivity index (χ4v) is 17.7. The summed E-state index contributed by atoms with van der Waals surface area (Å²) in [5.41, 5.74) is -0.157. The molecule has 13 heteroatoms. The highest BCUT2D eigenvalue weighted by atomic mass is 28.5. The molecule has 0 radical (unpaired) electrons. The molecule has 0 aliphatic carbocycles. The minimum absolute atomic E-state index is 0.0674. The van der Waals surface area contributed by atoms with E-state index in [9.17, 15) is 14.4 Å². The van der Waals surface area contributed by atoms with Crippen molar-refractivity contribution in [2.45, 2.75) is 77.8 Å². The van der Waals surface area contributed by atoms with Crippen LogP contribution in [-0.4, -0.2) is 72.5 Å². The molecular formula is C21H44O9Si4. The minimum Gasteiger partial charge on any atom is -0.469 e. The molecule has 9 nitrogen and oxygen atoms in total. The normalized spacial score (nSPS) is 13.7. The van der Waals surface area contributed by atoms with Gasteiger partial charge < -0.3 is 26.6 Å². The molecule has 0 amide bonds. The van der Waals surface area contributed by atoms with Crippen LogP contribution in [0.5, 0.6) is 0 Å². The lowest BCUT2D eigenvalue weighted by Crippen LogP contribution is -2.60. The van der Waals surface area contributed by atoms with E-state index in [0.717, 1.165) is 0 Å². The number of rotatable bonds is 15. The van der Waals surface area contributed by atoms with Crippen LogP contribution in [0, 0.1) is 5.92 Å². The van der Waals surface area contributed by atoms with E-state index in [2.05, 4.69) is 70.2 Å². The number of esters is 3. The Labute approximate surface area is 209 Å². The van der Waals surface area contributed by atoms with Crippen molar-refractivity contribution in [3.05, 3.63) is 12.2 Å². The fourth-order valence-electron chi connectivity index (χ4n) is 3.04. The third kappa shape index (κ3) is 13.7. The van der Waals surface area contributed by atoms with Gasteiger partial charge in [-0.25, -0.2) is 4.79 Å². The van der Waals surface area contributed by atoms with Gasteiger partial charge in [0.1, 0.15) is 0 Å². The number of hydrogen-bond acceptors (Lipinski definition) is 9. The Balaban J connectivity index is 5.42. The van der Waals surface area contributed by atoms with Crippen LogP contribution in [0.4, 0.5) is 0 Å². The lowest BCUT2D eigenvalue weighted by Gasteiger charge is -2.42. The van der Waals surface area contributed by atoms with Gasteiger partial charge in [-0.2, -0.15) is 0 Å². The van der Waals surface area contributed by atoms with E-state index in [0.29, 0.717) is 12.5 Å². The Morgan fingerprint density at radius 3 is 1.56 bits per heavy atom. The van der Waals surface area contributed by atoms with Crippen molar-refractivity contribution in [3.63, 3.8) is 0 Å². The van der Waals surface area contributed by atoms with Crippen molar-refractivity contribution in [2.75, 3.05) is 20.8 Å². The molecule has 0 bridgehead atoms. The zero-order valence-electron chi connectivity index (χ0n) is 22.8. The number of carbonyl (C=O) groups excluding carboxylic acids is 3. The number of hydrogen-bond donors (Lipinski definition) is 0. The van der Waals surface area contributed by atoms with Gasteiger partial charge in [-0.15, -0.1) is 0 Å². The first kappa shape index (κ1) is 32.9. The summed E-state index contributed by atoms with van der Waals surface area (Å²) in [4.78, 5) is 36.2. The summed E-state index contributed by atoms with van der Waals surface area (Å²) in [7, 11) is -6.68. The first-order chi connectivity index (χ1) is 15.2. The minimum atomic E-state index is -3.04. The molecule has 34 heavy (non-hydrogen) atoms. The molecule has 1 unspecified atom stereocenters. The van der Waals surface area contributed by atoms with Crippen LogP contribution in [0.15, 0.2) is 12.2 Å². The summed E-state index contributed by atoms with van der Waals surface area (Å²) in [6.45, 7) is 22.7. The van der Waals surface area contributed by atoms with E-state index in [4.69, 9.17) is 21.8 Å². The molecule has 0 rings (SSSR count). The Kier molecular flexibility index (Phi) is 12.8. The van der Waals surface area contributed by atoms with Crippen LogP contribution in [0.2, 0.25) is 65.0 Å². The predicted octanol–water partition coefficient (Wildman–Crippen LogP) is 4.32. The van der Waals surface area contributed by atoms with Crippen LogP contribution in [-0.2, 0) is 40.9 Å². The molecule has 0 N–H and O–H groups in total. The second kappa shape index (κ2) is 13.3. The molecule has 0 aromatic carbocycles. The fraction of sp³-hybridized carbons (Fsp3) is 0.762. The van der Waals surface area contributed by atoms with E-state index in [1.165, 1.54) is 14.2 Å². The Bertz CT molecular complexity index is 680. The van der Waals surface area contributed by atoms with Gasteiger partial charge in [0.15, 0.2) is 25.0 Å². The summed E-state index contributed by atoms with van der Waals surface area (Å²) in [5, 5.41) is 0. The molecule has 0 fully saturated rings.